The standard InChI is InChI=1S/C20H19ClFN3O/c21-16-5-3-15(4-6-16)18-11-23-20(24-18)19-13-26-10-9-25(19)12-14-1-7-17(22)8-2-14/h1-8,11,19H,9-10,12-13H2,(H,23,24). The smallest absolute Gasteiger partial charge is 0.126 e. The Hall–Kier alpha value is -2.21. The van der Waals surface area contributed by atoms with Gasteiger partial charge in [0.05, 0.1) is 31.1 Å². The number of ether oxygens (including phenoxy) is 1. The highest BCUT2D eigenvalue weighted by molar-refractivity contribution is 6.30. The van der Waals surface area contributed by atoms with Gasteiger partial charge in [-0.25, -0.2) is 9.37 Å². The van der Waals surface area contributed by atoms with Gasteiger partial charge in [0.15, 0.2) is 0 Å². The number of aromatic nitrogens is 2. The van der Waals surface area contributed by atoms with Crippen LogP contribution < -0.4 is 0 Å². The van der Waals surface area contributed by atoms with E-state index in [2.05, 4.69) is 14.9 Å². The molecule has 0 spiro atoms. The van der Waals surface area contributed by atoms with Gasteiger partial charge < -0.3 is 9.72 Å². The van der Waals surface area contributed by atoms with Crippen LogP contribution in [0.15, 0.2) is 54.7 Å². The monoisotopic (exact) mass is 371 g/mol. The Labute approximate surface area is 156 Å². The lowest BCUT2D eigenvalue weighted by Gasteiger charge is -2.34. The summed E-state index contributed by atoms with van der Waals surface area (Å²) in [4.78, 5) is 10.3. The Morgan fingerprint density at radius 1 is 1.15 bits per heavy atom. The Morgan fingerprint density at radius 3 is 2.69 bits per heavy atom. The lowest BCUT2D eigenvalue weighted by atomic mass is 10.1. The van der Waals surface area contributed by atoms with Crippen molar-refractivity contribution in [2.75, 3.05) is 19.8 Å². The summed E-state index contributed by atoms with van der Waals surface area (Å²) in [6.45, 7) is 2.79. The van der Waals surface area contributed by atoms with Gasteiger partial charge in [-0.05, 0) is 35.4 Å². The van der Waals surface area contributed by atoms with Crippen LogP contribution in [0.2, 0.25) is 5.02 Å². The Morgan fingerprint density at radius 2 is 1.92 bits per heavy atom. The van der Waals surface area contributed by atoms with Gasteiger partial charge in [0.2, 0.25) is 0 Å². The molecule has 6 heteroatoms. The van der Waals surface area contributed by atoms with Gasteiger partial charge in [-0.2, -0.15) is 0 Å². The maximum Gasteiger partial charge on any atom is 0.126 e. The third-order valence-electron chi connectivity index (χ3n) is 4.60. The maximum atomic E-state index is 13.1. The SMILES string of the molecule is Fc1ccc(CN2CCOCC2c2ncc(-c3ccc(Cl)cc3)[nH]2)cc1. The summed E-state index contributed by atoms with van der Waals surface area (Å²) in [6, 6.07) is 14.3. The molecular formula is C20H19ClFN3O. The van der Waals surface area contributed by atoms with Crippen LogP contribution in [0.5, 0.6) is 0 Å². The number of H-pyrrole nitrogens is 1. The van der Waals surface area contributed by atoms with E-state index in [1.165, 1.54) is 12.1 Å². The van der Waals surface area contributed by atoms with E-state index in [1.54, 1.807) is 0 Å². The molecule has 1 fully saturated rings. The van der Waals surface area contributed by atoms with Crippen molar-refractivity contribution in [3.05, 3.63) is 77.0 Å². The van der Waals surface area contributed by atoms with Crippen LogP contribution in [0, 0.1) is 5.82 Å². The number of hydrogen-bond acceptors (Lipinski definition) is 3. The average Bonchev–Trinajstić information content (AvgIpc) is 3.15. The number of nitrogens with one attached hydrogen (secondary N) is 1. The van der Waals surface area contributed by atoms with Crippen molar-refractivity contribution in [2.45, 2.75) is 12.6 Å². The normalized spacial score (nSPS) is 18.2. The summed E-state index contributed by atoms with van der Waals surface area (Å²) in [7, 11) is 0. The molecule has 4 rings (SSSR count). The Bertz CT molecular complexity index is 864. The van der Waals surface area contributed by atoms with Gasteiger partial charge in [0.1, 0.15) is 11.6 Å². The predicted octanol–water partition coefficient (Wildman–Crippen LogP) is 4.44. The molecule has 0 aliphatic carbocycles. The van der Waals surface area contributed by atoms with Crippen molar-refractivity contribution in [1.82, 2.24) is 14.9 Å². The van der Waals surface area contributed by atoms with Crippen molar-refractivity contribution in [3.8, 4) is 11.3 Å². The zero-order valence-corrected chi connectivity index (χ0v) is 14.9. The molecule has 4 nitrogen and oxygen atoms in total. The third-order valence-corrected chi connectivity index (χ3v) is 4.86. The lowest BCUT2D eigenvalue weighted by Crippen LogP contribution is -2.39. The first-order chi connectivity index (χ1) is 12.7. The van der Waals surface area contributed by atoms with E-state index in [0.29, 0.717) is 18.2 Å². The van der Waals surface area contributed by atoms with E-state index in [9.17, 15) is 4.39 Å². The van der Waals surface area contributed by atoms with Crippen LogP contribution in [-0.4, -0.2) is 34.6 Å². The van der Waals surface area contributed by atoms with Gasteiger partial charge in [-0.15, -0.1) is 0 Å². The molecule has 2 heterocycles. The van der Waals surface area contributed by atoms with Crippen molar-refractivity contribution < 1.29 is 9.13 Å². The highest BCUT2D eigenvalue weighted by Gasteiger charge is 2.27. The summed E-state index contributed by atoms with van der Waals surface area (Å²) in [5.74, 6) is 0.655. The lowest BCUT2D eigenvalue weighted by molar-refractivity contribution is -0.0156. The molecule has 1 saturated heterocycles. The molecule has 0 radical (unpaired) electrons. The van der Waals surface area contributed by atoms with Crippen LogP contribution in [0.1, 0.15) is 17.4 Å². The molecule has 0 amide bonds. The van der Waals surface area contributed by atoms with Gasteiger partial charge in [-0.3, -0.25) is 4.90 Å². The molecular weight excluding hydrogens is 353 g/mol. The van der Waals surface area contributed by atoms with Gasteiger partial charge >= 0.3 is 0 Å². The van der Waals surface area contributed by atoms with E-state index in [-0.39, 0.29) is 11.9 Å². The van der Waals surface area contributed by atoms with Crippen molar-refractivity contribution in [1.29, 1.82) is 0 Å². The predicted molar refractivity (Wildman–Crippen MR) is 99.4 cm³/mol. The summed E-state index contributed by atoms with van der Waals surface area (Å²) in [5.41, 5.74) is 3.06. The fraction of sp³-hybridized carbons (Fsp3) is 0.250. The quantitative estimate of drug-likeness (QED) is 0.737. The topological polar surface area (TPSA) is 41.1 Å². The second-order valence-electron chi connectivity index (χ2n) is 6.38. The first-order valence-electron chi connectivity index (χ1n) is 8.56. The molecule has 1 aliphatic heterocycles. The first kappa shape index (κ1) is 17.2. The van der Waals surface area contributed by atoms with Crippen molar-refractivity contribution >= 4 is 11.6 Å². The first-order valence-corrected chi connectivity index (χ1v) is 8.94. The van der Waals surface area contributed by atoms with Crippen LogP contribution in [-0.2, 0) is 11.3 Å². The number of hydrogen-bond donors (Lipinski definition) is 1. The van der Waals surface area contributed by atoms with Crippen LogP contribution in [0.25, 0.3) is 11.3 Å². The zero-order chi connectivity index (χ0) is 17.9. The summed E-state index contributed by atoms with van der Waals surface area (Å²) < 4.78 is 18.8. The number of morpholine rings is 1. The third kappa shape index (κ3) is 3.80. The van der Waals surface area contributed by atoms with Gasteiger partial charge in [0, 0.05) is 18.1 Å². The fourth-order valence-electron chi connectivity index (χ4n) is 3.19. The van der Waals surface area contributed by atoms with Crippen LogP contribution in [0.3, 0.4) is 0 Å². The number of rotatable bonds is 4. The number of benzene rings is 2. The van der Waals surface area contributed by atoms with Crippen molar-refractivity contribution in [2.24, 2.45) is 0 Å². The molecule has 0 saturated carbocycles. The van der Waals surface area contributed by atoms with E-state index in [4.69, 9.17) is 16.3 Å². The summed E-state index contributed by atoms with van der Waals surface area (Å²) in [5, 5.41) is 0.708. The van der Waals surface area contributed by atoms with Crippen LogP contribution in [0.4, 0.5) is 4.39 Å². The highest BCUT2D eigenvalue weighted by atomic mass is 35.5. The summed E-state index contributed by atoms with van der Waals surface area (Å²) in [6.07, 6.45) is 1.84. The van der Waals surface area contributed by atoms with E-state index in [1.807, 2.05) is 42.6 Å². The molecule has 1 N–H and O–H groups in total. The molecule has 1 atom stereocenters. The minimum absolute atomic E-state index is 0.0369. The molecule has 0 bridgehead atoms. The molecule has 134 valence electrons. The molecule has 1 unspecified atom stereocenters. The fourth-order valence-corrected chi connectivity index (χ4v) is 3.31. The largest absolute Gasteiger partial charge is 0.378 e. The number of aromatic amines is 1. The molecule has 2 aromatic carbocycles. The molecule has 26 heavy (non-hydrogen) atoms. The number of nitrogens with zero attached hydrogens (tertiary/aromatic N) is 2. The Kier molecular flexibility index (Phi) is 5.02. The van der Waals surface area contributed by atoms with Crippen molar-refractivity contribution in [3.63, 3.8) is 0 Å². The molecule has 1 aromatic heterocycles. The van der Waals surface area contributed by atoms with Gasteiger partial charge in [-0.1, -0.05) is 35.9 Å². The van der Waals surface area contributed by atoms with Crippen LogP contribution >= 0.6 is 11.6 Å². The zero-order valence-electron chi connectivity index (χ0n) is 14.2. The molecule has 1 aliphatic rings. The van der Waals surface area contributed by atoms with E-state index < -0.39 is 0 Å². The molecule has 3 aromatic rings. The van der Waals surface area contributed by atoms with E-state index >= 15 is 0 Å². The van der Waals surface area contributed by atoms with E-state index in [0.717, 1.165) is 35.7 Å². The summed E-state index contributed by atoms with van der Waals surface area (Å²) >= 11 is 5.96. The Balaban J connectivity index is 1.54. The minimum Gasteiger partial charge on any atom is -0.378 e. The number of halogens is 2. The van der Waals surface area contributed by atoms with Gasteiger partial charge in [0.25, 0.3) is 0 Å². The second-order valence-corrected chi connectivity index (χ2v) is 6.81. The minimum atomic E-state index is -0.217. The highest BCUT2D eigenvalue weighted by Crippen LogP contribution is 2.27. The average molecular weight is 372 g/mol. The second kappa shape index (κ2) is 7.58. The maximum absolute atomic E-state index is 13.1. The number of imidazole rings is 1.